The number of fused-ring (bicyclic) bond motifs is 1. The number of hydrogen-bond donors (Lipinski definition) is 0. The molecule has 0 bridgehead atoms. The SMILES string of the molecule is C=CN1C=c2cnsc2=CC1. The van der Waals surface area contributed by atoms with Gasteiger partial charge in [0.1, 0.15) is 0 Å². The predicted molar refractivity (Wildman–Crippen MR) is 47.2 cm³/mol. The lowest BCUT2D eigenvalue weighted by atomic mass is 10.3. The molecule has 0 unspecified atom stereocenters. The molecule has 56 valence electrons. The topological polar surface area (TPSA) is 16.1 Å². The molecule has 2 nitrogen and oxygen atoms in total. The Morgan fingerprint density at radius 2 is 2.64 bits per heavy atom. The van der Waals surface area contributed by atoms with E-state index in [0.717, 1.165) is 6.54 Å². The van der Waals surface area contributed by atoms with Gasteiger partial charge in [-0.25, -0.2) is 0 Å². The minimum absolute atomic E-state index is 0.915. The summed E-state index contributed by atoms with van der Waals surface area (Å²) in [4.78, 5) is 2.04. The molecule has 3 heteroatoms. The van der Waals surface area contributed by atoms with Crippen molar-refractivity contribution in [1.82, 2.24) is 9.27 Å². The first-order chi connectivity index (χ1) is 5.40. The minimum atomic E-state index is 0.915. The lowest BCUT2D eigenvalue weighted by molar-refractivity contribution is 0.627. The second kappa shape index (κ2) is 2.51. The van der Waals surface area contributed by atoms with Gasteiger partial charge in [-0.05, 0) is 23.8 Å². The minimum Gasteiger partial charge on any atom is -0.350 e. The van der Waals surface area contributed by atoms with E-state index in [1.54, 1.807) is 11.5 Å². The van der Waals surface area contributed by atoms with Gasteiger partial charge in [-0.15, -0.1) is 0 Å². The summed E-state index contributed by atoms with van der Waals surface area (Å²) in [5, 5.41) is 1.20. The normalized spacial score (nSPS) is 14.7. The van der Waals surface area contributed by atoms with Gasteiger partial charge in [0.25, 0.3) is 0 Å². The van der Waals surface area contributed by atoms with Gasteiger partial charge < -0.3 is 4.90 Å². The molecule has 1 aromatic heterocycles. The molecule has 0 atom stereocenters. The van der Waals surface area contributed by atoms with Crippen molar-refractivity contribution >= 4 is 23.8 Å². The Morgan fingerprint density at radius 3 is 3.45 bits per heavy atom. The fraction of sp³-hybridized carbons (Fsp3) is 0.125. The molecular weight excluding hydrogens is 156 g/mol. The molecule has 0 aliphatic carbocycles. The van der Waals surface area contributed by atoms with Crippen LogP contribution < -0.4 is 9.75 Å². The molecule has 0 saturated carbocycles. The number of hydrogen-bond acceptors (Lipinski definition) is 3. The molecule has 11 heavy (non-hydrogen) atoms. The molecule has 1 aliphatic heterocycles. The lowest BCUT2D eigenvalue weighted by Crippen LogP contribution is -2.29. The van der Waals surface area contributed by atoms with E-state index in [1.165, 1.54) is 9.75 Å². The van der Waals surface area contributed by atoms with E-state index in [4.69, 9.17) is 0 Å². The maximum atomic E-state index is 4.09. The Bertz CT molecular complexity index is 377. The van der Waals surface area contributed by atoms with Crippen molar-refractivity contribution in [3.63, 3.8) is 0 Å². The van der Waals surface area contributed by atoms with Crippen LogP contribution in [-0.2, 0) is 0 Å². The first-order valence-corrected chi connectivity index (χ1v) is 4.18. The monoisotopic (exact) mass is 164 g/mol. The summed E-state index contributed by atoms with van der Waals surface area (Å²) in [5.74, 6) is 0. The molecule has 1 aliphatic rings. The maximum Gasteiger partial charge on any atom is 0.0542 e. The average molecular weight is 164 g/mol. The van der Waals surface area contributed by atoms with Crippen molar-refractivity contribution in [2.45, 2.75) is 0 Å². The van der Waals surface area contributed by atoms with Crippen LogP contribution in [0.15, 0.2) is 19.0 Å². The number of nitrogens with zero attached hydrogens (tertiary/aromatic N) is 2. The van der Waals surface area contributed by atoms with Crippen LogP contribution in [-0.4, -0.2) is 15.8 Å². The third kappa shape index (κ3) is 1.07. The summed E-state index contributed by atoms with van der Waals surface area (Å²) in [6.07, 6.45) is 7.92. The Kier molecular flexibility index (Phi) is 1.51. The van der Waals surface area contributed by atoms with Gasteiger partial charge in [-0.3, -0.25) is 0 Å². The summed E-state index contributed by atoms with van der Waals surface area (Å²) in [6, 6.07) is 0. The zero-order chi connectivity index (χ0) is 7.68. The summed E-state index contributed by atoms with van der Waals surface area (Å²) in [5.41, 5.74) is 0. The smallest absolute Gasteiger partial charge is 0.0542 e. The predicted octanol–water partition coefficient (Wildman–Crippen LogP) is 0.121. The summed E-state index contributed by atoms with van der Waals surface area (Å²) < 4.78 is 5.36. The lowest BCUT2D eigenvalue weighted by Gasteiger charge is -2.13. The maximum absolute atomic E-state index is 4.09. The zero-order valence-electron chi connectivity index (χ0n) is 6.03. The molecule has 0 N–H and O–H groups in total. The molecule has 0 amide bonds. The van der Waals surface area contributed by atoms with E-state index in [9.17, 15) is 0 Å². The van der Waals surface area contributed by atoms with Gasteiger partial charge >= 0.3 is 0 Å². The van der Waals surface area contributed by atoms with Crippen LogP contribution in [0.3, 0.4) is 0 Å². The van der Waals surface area contributed by atoms with Crippen LogP contribution in [0, 0.1) is 0 Å². The molecule has 2 heterocycles. The van der Waals surface area contributed by atoms with Crippen molar-refractivity contribution in [2.75, 3.05) is 6.54 Å². The van der Waals surface area contributed by atoms with E-state index in [2.05, 4.69) is 23.2 Å². The zero-order valence-corrected chi connectivity index (χ0v) is 6.84. The second-order valence-electron chi connectivity index (χ2n) is 2.36. The fourth-order valence-electron chi connectivity index (χ4n) is 1.06. The van der Waals surface area contributed by atoms with E-state index < -0.39 is 0 Å². The molecule has 0 radical (unpaired) electrons. The molecule has 0 saturated heterocycles. The van der Waals surface area contributed by atoms with Crippen molar-refractivity contribution in [3.05, 3.63) is 28.7 Å². The molecule has 2 rings (SSSR count). The fourth-order valence-corrected chi connectivity index (χ4v) is 1.69. The van der Waals surface area contributed by atoms with Gasteiger partial charge in [0.15, 0.2) is 0 Å². The van der Waals surface area contributed by atoms with Crippen LogP contribution >= 0.6 is 11.5 Å². The first-order valence-electron chi connectivity index (χ1n) is 3.41. The number of aromatic nitrogens is 1. The Balaban J connectivity index is 2.61. The highest BCUT2D eigenvalue weighted by molar-refractivity contribution is 7.03. The Labute approximate surface area is 68.9 Å². The summed E-state index contributed by atoms with van der Waals surface area (Å²) in [7, 11) is 0. The van der Waals surface area contributed by atoms with Gasteiger partial charge in [0.2, 0.25) is 0 Å². The quantitative estimate of drug-likeness (QED) is 0.586. The van der Waals surface area contributed by atoms with Crippen molar-refractivity contribution in [3.8, 4) is 0 Å². The van der Waals surface area contributed by atoms with Crippen LogP contribution in [0.2, 0.25) is 0 Å². The van der Waals surface area contributed by atoms with E-state index in [-0.39, 0.29) is 0 Å². The van der Waals surface area contributed by atoms with Gasteiger partial charge in [-0.1, -0.05) is 6.58 Å². The van der Waals surface area contributed by atoms with Crippen LogP contribution in [0.5, 0.6) is 0 Å². The van der Waals surface area contributed by atoms with E-state index in [1.807, 2.05) is 17.3 Å². The third-order valence-electron chi connectivity index (χ3n) is 1.65. The van der Waals surface area contributed by atoms with Crippen molar-refractivity contribution in [1.29, 1.82) is 0 Å². The van der Waals surface area contributed by atoms with Crippen molar-refractivity contribution < 1.29 is 0 Å². The van der Waals surface area contributed by atoms with Crippen LogP contribution in [0.1, 0.15) is 0 Å². The van der Waals surface area contributed by atoms with Crippen molar-refractivity contribution in [2.24, 2.45) is 0 Å². The van der Waals surface area contributed by atoms with Crippen LogP contribution in [0.4, 0.5) is 0 Å². The Morgan fingerprint density at radius 1 is 1.73 bits per heavy atom. The average Bonchev–Trinajstić information content (AvgIpc) is 2.50. The molecule has 0 aromatic carbocycles. The second-order valence-corrected chi connectivity index (χ2v) is 3.19. The summed E-state index contributed by atoms with van der Waals surface area (Å²) >= 11 is 1.54. The molecule has 0 fully saturated rings. The van der Waals surface area contributed by atoms with Crippen LogP contribution in [0.25, 0.3) is 12.3 Å². The molecule has 0 spiro atoms. The highest BCUT2D eigenvalue weighted by atomic mass is 32.1. The van der Waals surface area contributed by atoms with Gasteiger partial charge in [0, 0.05) is 24.2 Å². The van der Waals surface area contributed by atoms with E-state index in [0.29, 0.717) is 0 Å². The first kappa shape index (κ1) is 6.61. The highest BCUT2D eigenvalue weighted by Crippen LogP contribution is 1.93. The van der Waals surface area contributed by atoms with Gasteiger partial charge in [0.05, 0.1) is 4.53 Å². The van der Waals surface area contributed by atoms with E-state index >= 15 is 0 Å². The molecule has 1 aromatic rings. The summed E-state index contributed by atoms with van der Waals surface area (Å²) in [6.45, 7) is 4.61. The Hall–Kier alpha value is -1.09. The standard InChI is InChI=1S/C8H8N2S/c1-2-10-4-3-8-7(6-10)5-9-11-8/h2-3,5-6H,1,4H2. The number of rotatable bonds is 1. The largest absolute Gasteiger partial charge is 0.350 e. The van der Waals surface area contributed by atoms with Gasteiger partial charge in [-0.2, -0.15) is 4.37 Å². The highest BCUT2D eigenvalue weighted by Gasteiger charge is 1.98. The molecular formula is C8H8N2S. The third-order valence-corrected chi connectivity index (χ3v) is 2.46.